The number of nitrogens with one attached hydrogen (secondary N) is 1. The highest BCUT2D eigenvalue weighted by Gasteiger charge is 2.29. The Labute approximate surface area is 138 Å². The van der Waals surface area contributed by atoms with Gasteiger partial charge in [0.2, 0.25) is 0 Å². The molecule has 2 aromatic heterocycles. The number of aryl methyl sites for hydroxylation is 1. The summed E-state index contributed by atoms with van der Waals surface area (Å²) >= 11 is 0. The van der Waals surface area contributed by atoms with E-state index in [1.807, 2.05) is 0 Å². The van der Waals surface area contributed by atoms with E-state index in [1.165, 1.54) is 0 Å². The Morgan fingerprint density at radius 3 is 2.92 bits per heavy atom. The number of carbonyl (C=O) groups is 2. The summed E-state index contributed by atoms with van der Waals surface area (Å²) in [5.74, 6) is -0.614. The van der Waals surface area contributed by atoms with E-state index in [4.69, 9.17) is 14.0 Å². The molecule has 2 aromatic rings. The fraction of sp³-hybridized carbons (Fsp3) is 0.500. The molecule has 8 heteroatoms. The summed E-state index contributed by atoms with van der Waals surface area (Å²) in [6.07, 6.45) is 2.09. The Hall–Kier alpha value is -2.48. The van der Waals surface area contributed by atoms with E-state index in [9.17, 15) is 9.59 Å². The van der Waals surface area contributed by atoms with Crippen LogP contribution in [0, 0.1) is 6.92 Å². The zero-order valence-electron chi connectivity index (χ0n) is 13.6. The van der Waals surface area contributed by atoms with Crippen molar-refractivity contribution in [3.8, 4) is 0 Å². The first kappa shape index (κ1) is 16.4. The summed E-state index contributed by atoms with van der Waals surface area (Å²) in [5, 5.41) is 6.99. The van der Waals surface area contributed by atoms with Gasteiger partial charge in [-0.15, -0.1) is 0 Å². The molecule has 1 N–H and O–H groups in total. The van der Waals surface area contributed by atoms with Crippen molar-refractivity contribution in [1.82, 2.24) is 15.5 Å². The molecule has 0 unspecified atom stereocenters. The van der Waals surface area contributed by atoms with Crippen LogP contribution in [-0.4, -0.2) is 48.9 Å². The van der Waals surface area contributed by atoms with Gasteiger partial charge in [-0.1, -0.05) is 5.16 Å². The van der Waals surface area contributed by atoms with Crippen LogP contribution in [0.4, 0.5) is 0 Å². The van der Waals surface area contributed by atoms with Gasteiger partial charge in [0, 0.05) is 25.3 Å². The molecule has 1 saturated carbocycles. The quantitative estimate of drug-likeness (QED) is 0.602. The first-order valence-electron chi connectivity index (χ1n) is 7.80. The second-order valence-electron chi connectivity index (χ2n) is 5.74. The smallest absolute Gasteiger partial charge is 0.339 e. The average molecular weight is 333 g/mol. The number of methoxy groups -OCH3 is 1. The molecule has 8 nitrogen and oxygen atoms in total. The lowest BCUT2D eigenvalue weighted by Crippen LogP contribution is -2.31. The summed E-state index contributed by atoms with van der Waals surface area (Å²) in [4.78, 5) is 28.5. The molecule has 0 radical (unpaired) electrons. The van der Waals surface area contributed by atoms with Crippen LogP contribution in [0.2, 0.25) is 0 Å². The SMILES string of the molecule is COCCNC(=O)COC(=O)c1cc(C2CC2)nc2onc(C)c12. The second-order valence-corrected chi connectivity index (χ2v) is 5.74. The number of nitrogens with zero attached hydrogens (tertiary/aromatic N) is 2. The molecule has 1 aliphatic carbocycles. The zero-order chi connectivity index (χ0) is 17.1. The molecule has 0 spiro atoms. The number of esters is 1. The van der Waals surface area contributed by atoms with E-state index < -0.39 is 5.97 Å². The lowest BCUT2D eigenvalue weighted by atomic mass is 10.1. The van der Waals surface area contributed by atoms with E-state index in [0.29, 0.717) is 41.4 Å². The van der Waals surface area contributed by atoms with Crippen LogP contribution >= 0.6 is 0 Å². The van der Waals surface area contributed by atoms with Crippen molar-refractivity contribution in [1.29, 1.82) is 0 Å². The minimum Gasteiger partial charge on any atom is -0.452 e. The Bertz CT molecular complexity index is 766. The summed E-state index contributed by atoms with van der Waals surface area (Å²) in [6.45, 7) is 2.15. The Balaban J connectivity index is 1.74. The van der Waals surface area contributed by atoms with Crippen LogP contribution in [0.25, 0.3) is 11.1 Å². The minimum atomic E-state index is -0.586. The highest BCUT2D eigenvalue weighted by Crippen LogP contribution is 2.40. The van der Waals surface area contributed by atoms with Crippen molar-refractivity contribution >= 4 is 23.0 Å². The molecule has 1 aliphatic rings. The molecular formula is C16H19N3O5. The van der Waals surface area contributed by atoms with Gasteiger partial charge in [0.15, 0.2) is 6.61 Å². The van der Waals surface area contributed by atoms with Crippen molar-refractivity contribution < 1.29 is 23.6 Å². The summed E-state index contributed by atoms with van der Waals surface area (Å²) in [7, 11) is 1.54. The van der Waals surface area contributed by atoms with Gasteiger partial charge >= 0.3 is 5.97 Å². The molecule has 0 atom stereocenters. The van der Waals surface area contributed by atoms with Crippen molar-refractivity contribution in [2.45, 2.75) is 25.7 Å². The fourth-order valence-corrected chi connectivity index (χ4v) is 2.42. The maximum absolute atomic E-state index is 12.4. The number of hydrogen-bond acceptors (Lipinski definition) is 7. The van der Waals surface area contributed by atoms with Crippen LogP contribution in [0.15, 0.2) is 10.6 Å². The predicted molar refractivity (Wildman–Crippen MR) is 83.7 cm³/mol. The minimum absolute atomic E-state index is 0.327. The molecule has 1 fully saturated rings. The zero-order valence-corrected chi connectivity index (χ0v) is 13.6. The van der Waals surface area contributed by atoms with Gasteiger partial charge in [0.25, 0.3) is 11.6 Å². The standard InChI is InChI=1S/C16H19N3O5/c1-9-14-11(16(21)23-8-13(20)17-5-6-22-2)7-12(10-3-4-10)18-15(14)24-19-9/h7,10H,3-6,8H2,1-2H3,(H,17,20). The number of fused-ring (bicyclic) bond motifs is 1. The van der Waals surface area contributed by atoms with E-state index in [0.717, 1.165) is 18.5 Å². The summed E-state index contributed by atoms with van der Waals surface area (Å²) in [6, 6.07) is 1.72. The molecule has 3 rings (SSSR count). The van der Waals surface area contributed by atoms with Gasteiger partial charge < -0.3 is 19.3 Å². The number of hydrogen-bond donors (Lipinski definition) is 1. The van der Waals surface area contributed by atoms with Crippen LogP contribution in [-0.2, 0) is 14.3 Å². The van der Waals surface area contributed by atoms with Gasteiger partial charge in [0.05, 0.1) is 23.3 Å². The molecule has 0 aliphatic heterocycles. The lowest BCUT2D eigenvalue weighted by Gasteiger charge is -2.08. The number of pyridine rings is 1. The summed E-state index contributed by atoms with van der Waals surface area (Å²) in [5.41, 5.74) is 2.03. The molecule has 24 heavy (non-hydrogen) atoms. The number of amides is 1. The van der Waals surface area contributed by atoms with Gasteiger partial charge in [-0.2, -0.15) is 0 Å². The maximum atomic E-state index is 12.4. The van der Waals surface area contributed by atoms with Crippen molar-refractivity contribution in [2.75, 3.05) is 26.9 Å². The van der Waals surface area contributed by atoms with E-state index in [2.05, 4.69) is 15.5 Å². The van der Waals surface area contributed by atoms with Crippen LogP contribution < -0.4 is 5.32 Å². The maximum Gasteiger partial charge on any atom is 0.339 e. The fourth-order valence-electron chi connectivity index (χ4n) is 2.42. The number of rotatable bonds is 7. The van der Waals surface area contributed by atoms with Crippen LogP contribution in [0.1, 0.15) is 40.5 Å². The number of carbonyl (C=O) groups excluding carboxylic acids is 2. The predicted octanol–water partition coefficient (Wildman–Crippen LogP) is 1.33. The molecule has 0 aromatic carbocycles. The Morgan fingerprint density at radius 1 is 1.42 bits per heavy atom. The third kappa shape index (κ3) is 3.53. The molecule has 1 amide bonds. The molecule has 128 valence electrons. The Kier molecular flexibility index (Phi) is 4.75. The number of aromatic nitrogens is 2. The van der Waals surface area contributed by atoms with E-state index >= 15 is 0 Å². The molecule has 2 heterocycles. The van der Waals surface area contributed by atoms with Gasteiger partial charge in [-0.05, 0) is 25.8 Å². The second kappa shape index (κ2) is 6.96. The van der Waals surface area contributed by atoms with Crippen molar-refractivity contribution in [3.63, 3.8) is 0 Å². The van der Waals surface area contributed by atoms with E-state index in [-0.39, 0.29) is 12.5 Å². The molecule has 0 bridgehead atoms. The highest BCUT2D eigenvalue weighted by molar-refractivity contribution is 6.03. The topological polar surface area (TPSA) is 104 Å². The van der Waals surface area contributed by atoms with Gasteiger partial charge in [-0.3, -0.25) is 4.79 Å². The summed E-state index contributed by atoms with van der Waals surface area (Å²) < 4.78 is 15.1. The van der Waals surface area contributed by atoms with Crippen LogP contribution in [0.3, 0.4) is 0 Å². The van der Waals surface area contributed by atoms with E-state index in [1.54, 1.807) is 20.1 Å². The molecule has 0 saturated heterocycles. The third-order valence-corrected chi connectivity index (χ3v) is 3.82. The first-order valence-corrected chi connectivity index (χ1v) is 7.80. The number of ether oxygens (including phenoxy) is 2. The average Bonchev–Trinajstić information content (AvgIpc) is 3.36. The first-order chi connectivity index (χ1) is 11.6. The van der Waals surface area contributed by atoms with Gasteiger partial charge in [-0.25, -0.2) is 9.78 Å². The highest BCUT2D eigenvalue weighted by atomic mass is 16.5. The largest absolute Gasteiger partial charge is 0.452 e. The third-order valence-electron chi connectivity index (χ3n) is 3.82. The lowest BCUT2D eigenvalue weighted by molar-refractivity contribution is -0.124. The van der Waals surface area contributed by atoms with Crippen molar-refractivity contribution in [3.05, 3.63) is 23.0 Å². The normalized spacial score (nSPS) is 13.9. The van der Waals surface area contributed by atoms with Crippen LogP contribution in [0.5, 0.6) is 0 Å². The monoisotopic (exact) mass is 333 g/mol. The van der Waals surface area contributed by atoms with Gasteiger partial charge in [0.1, 0.15) is 0 Å². The van der Waals surface area contributed by atoms with Crippen molar-refractivity contribution in [2.24, 2.45) is 0 Å². The Morgan fingerprint density at radius 2 is 2.21 bits per heavy atom. The molecular weight excluding hydrogens is 314 g/mol.